The second kappa shape index (κ2) is 9.04. The number of hydrogen-bond donors (Lipinski definition) is 2. The Bertz CT molecular complexity index is 174. The van der Waals surface area contributed by atoms with Gasteiger partial charge in [-0.25, -0.2) is 0 Å². The number of thioether (sulfide) groups is 1. The van der Waals surface area contributed by atoms with Gasteiger partial charge in [-0.2, -0.15) is 11.8 Å². The first-order valence-electron chi connectivity index (χ1n) is 5.69. The van der Waals surface area contributed by atoms with Crippen LogP contribution in [0.4, 0.5) is 0 Å². The highest BCUT2D eigenvalue weighted by Crippen LogP contribution is 2.04. The first kappa shape index (κ1) is 14.8. The van der Waals surface area contributed by atoms with Crippen LogP contribution in [-0.2, 0) is 4.79 Å². The molecule has 0 bridgehead atoms. The summed E-state index contributed by atoms with van der Waals surface area (Å²) in [5.74, 6) is 2.39. The second-order valence-electron chi connectivity index (χ2n) is 3.97. The minimum absolute atomic E-state index is 0.113. The molecule has 1 amide bonds. The Morgan fingerprint density at radius 3 is 2.60 bits per heavy atom. The van der Waals surface area contributed by atoms with Gasteiger partial charge in [0.1, 0.15) is 0 Å². The van der Waals surface area contributed by atoms with Crippen LogP contribution in [0.3, 0.4) is 0 Å². The van der Waals surface area contributed by atoms with Crippen LogP contribution in [0, 0.1) is 0 Å². The topological polar surface area (TPSA) is 55.1 Å². The molecule has 0 radical (unpaired) electrons. The molecule has 0 heterocycles. The summed E-state index contributed by atoms with van der Waals surface area (Å²) in [7, 11) is 0. The molecule has 2 unspecified atom stereocenters. The zero-order chi connectivity index (χ0) is 11.7. The standard InChI is InChI=1S/C11H24N2OS/c1-4-15-8-7-10(3)13-11(14)6-5-9(2)12/h9-10H,4-8,12H2,1-3H3,(H,13,14). The van der Waals surface area contributed by atoms with E-state index in [4.69, 9.17) is 5.73 Å². The molecule has 0 aliphatic heterocycles. The van der Waals surface area contributed by atoms with Crippen molar-refractivity contribution in [3.05, 3.63) is 0 Å². The largest absolute Gasteiger partial charge is 0.354 e. The van der Waals surface area contributed by atoms with E-state index >= 15 is 0 Å². The fourth-order valence-electron chi connectivity index (χ4n) is 1.18. The maximum absolute atomic E-state index is 11.4. The highest BCUT2D eigenvalue weighted by atomic mass is 32.2. The molecule has 4 heteroatoms. The van der Waals surface area contributed by atoms with Crippen LogP contribution in [0.1, 0.15) is 40.0 Å². The Kier molecular flexibility index (Phi) is 8.91. The summed E-state index contributed by atoms with van der Waals surface area (Å²) in [4.78, 5) is 11.4. The molecule has 0 saturated heterocycles. The Morgan fingerprint density at radius 2 is 2.07 bits per heavy atom. The summed E-state index contributed by atoms with van der Waals surface area (Å²) >= 11 is 1.91. The highest BCUT2D eigenvalue weighted by Gasteiger charge is 2.07. The number of rotatable bonds is 8. The van der Waals surface area contributed by atoms with Crippen molar-refractivity contribution < 1.29 is 4.79 Å². The molecular weight excluding hydrogens is 208 g/mol. The van der Waals surface area contributed by atoms with Crippen molar-refractivity contribution in [1.82, 2.24) is 5.32 Å². The lowest BCUT2D eigenvalue weighted by Gasteiger charge is -2.13. The first-order chi connectivity index (χ1) is 7.06. The minimum atomic E-state index is 0.113. The van der Waals surface area contributed by atoms with Crippen molar-refractivity contribution in [2.75, 3.05) is 11.5 Å². The molecule has 90 valence electrons. The van der Waals surface area contributed by atoms with Gasteiger partial charge in [-0.15, -0.1) is 0 Å². The zero-order valence-corrected chi connectivity index (χ0v) is 10.9. The smallest absolute Gasteiger partial charge is 0.220 e. The third-order valence-electron chi connectivity index (χ3n) is 2.13. The lowest BCUT2D eigenvalue weighted by molar-refractivity contribution is -0.121. The van der Waals surface area contributed by atoms with E-state index in [1.54, 1.807) is 0 Å². The van der Waals surface area contributed by atoms with Gasteiger partial charge < -0.3 is 11.1 Å². The fraction of sp³-hybridized carbons (Fsp3) is 0.909. The predicted molar refractivity (Wildman–Crippen MR) is 68.1 cm³/mol. The van der Waals surface area contributed by atoms with E-state index in [0.717, 1.165) is 24.3 Å². The third kappa shape index (κ3) is 10.1. The van der Waals surface area contributed by atoms with E-state index < -0.39 is 0 Å². The maximum atomic E-state index is 11.4. The van der Waals surface area contributed by atoms with Gasteiger partial charge >= 0.3 is 0 Å². The summed E-state index contributed by atoms with van der Waals surface area (Å²) in [5, 5.41) is 2.99. The number of amides is 1. The zero-order valence-electron chi connectivity index (χ0n) is 10.1. The molecule has 3 N–H and O–H groups in total. The molecule has 0 saturated carbocycles. The van der Waals surface area contributed by atoms with Gasteiger partial charge in [-0.3, -0.25) is 4.79 Å². The van der Waals surface area contributed by atoms with Gasteiger partial charge in [0.25, 0.3) is 0 Å². The Balaban J connectivity index is 3.49. The van der Waals surface area contributed by atoms with Crippen molar-refractivity contribution in [3.8, 4) is 0 Å². The van der Waals surface area contributed by atoms with E-state index in [-0.39, 0.29) is 18.0 Å². The van der Waals surface area contributed by atoms with E-state index in [1.807, 2.05) is 18.7 Å². The molecule has 0 aliphatic carbocycles. The van der Waals surface area contributed by atoms with Crippen molar-refractivity contribution >= 4 is 17.7 Å². The molecule has 0 spiro atoms. The van der Waals surface area contributed by atoms with Gasteiger partial charge in [0.05, 0.1) is 0 Å². The summed E-state index contributed by atoms with van der Waals surface area (Å²) in [6.07, 6.45) is 2.35. The minimum Gasteiger partial charge on any atom is -0.354 e. The van der Waals surface area contributed by atoms with Crippen LogP contribution < -0.4 is 11.1 Å². The lowest BCUT2D eigenvalue weighted by atomic mass is 10.2. The molecule has 0 rings (SSSR count). The summed E-state index contributed by atoms with van der Waals surface area (Å²) in [5.41, 5.74) is 5.59. The molecule has 3 nitrogen and oxygen atoms in total. The van der Waals surface area contributed by atoms with Gasteiger partial charge in [-0.05, 0) is 38.2 Å². The van der Waals surface area contributed by atoms with Gasteiger partial charge in [0.15, 0.2) is 0 Å². The van der Waals surface area contributed by atoms with Crippen molar-refractivity contribution in [3.63, 3.8) is 0 Å². The molecule has 15 heavy (non-hydrogen) atoms. The molecule has 0 aliphatic rings. The number of carbonyl (C=O) groups excluding carboxylic acids is 1. The predicted octanol–water partition coefficient (Wildman–Crippen LogP) is 1.76. The second-order valence-corrected chi connectivity index (χ2v) is 5.36. The highest BCUT2D eigenvalue weighted by molar-refractivity contribution is 7.99. The monoisotopic (exact) mass is 232 g/mol. The Hall–Kier alpha value is -0.220. The summed E-state index contributed by atoms with van der Waals surface area (Å²) in [6, 6.07) is 0.395. The van der Waals surface area contributed by atoms with Gasteiger partial charge in [0.2, 0.25) is 5.91 Å². The van der Waals surface area contributed by atoms with E-state index in [9.17, 15) is 4.79 Å². The number of nitrogens with two attached hydrogens (primary N) is 1. The SMILES string of the molecule is CCSCCC(C)NC(=O)CCC(C)N. The van der Waals surface area contributed by atoms with Gasteiger partial charge in [0, 0.05) is 18.5 Å². The Labute approximate surface area is 97.6 Å². The third-order valence-corrected chi connectivity index (χ3v) is 3.07. The molecule has 0 aromatic heterocycles. The maximum Gasteiger partial charge on any atom is 0.220 e. The summed E-state index contributed by atoms with van der Waals surface area (Å²) in [6.45, 7) is 6.13. The molecule has 2 atom stereocenters. The molecule has 0 fully saturated rings. The molecular formula is C11H24N2OS. The number of carbonyl (C=O) groups is 1. The Morgan fingerprint density at radius 1 is 1.40 bits per heavy atom. The fourth-order valence-corrected chi connectivity index (χ4v) is 1.99. The van der Waals surface area contributed by atoms with Crippen molar-refractivity contribution in [2.24, 2.45) is 5.73 Å². The average molecular weight is 232 g/mol. The molecule has 0 aromatic rings. The number of hydrogen-bond acceptors (Lipinski definition) is 3. The van der Waals surface area contributed by atoms with Crippen LogP contribution >= 0.6 is 11.8 Å². The van der Waals surface area contributed by atoms with E-state index in [2.05, 4.69) is 19.2 Å². The normalized spacial score (nSPS) is 14.7. The first-order valence-corrected chi connectivity index (χ1v) is 6.84. The van der Waals surface area contributed by atoms with Crippen LogP contribution in [0.5, 0.6) is 0 Å². The number of nitrogens with one attached hydrogen (secondary N) is 1. The van der Waals surface area contributed by atoms with Crippen LogP contribution in [-0.4, -0.2) is 29.5 Å². The average Bonchev–Trinajstić information content (AvgIpc) is 2.15. The van der Waals surface area contributed by atoms with Crippen LogP contribution in [0.2, 0.25) is 0 Å². The van der Waals surface area contributed by atoms with Crippen LogP contribution in [0.25, 0.3) is 0 Å². The van der Waals surface area contributed by atoms with Crippen molar-refractivity contribution in [1.29, 1.82) is 0 Å². The van der Waals surface area contributed by atoms with Crippen LogP contribution in [0.15, 0.2) is 0 Å². The lowest BCUT2D eigenvalue weighted by Crippen LogP contribution is -2.33. The summed E-state index contributed by atoms with van der Waals surface area (Å²) < 4.78 is 0. The van der Waals surface area contributed by atoms with E-state index in [0.29, 0.717) is 6.42 Å². The van der Waals surface area contributed by atoms with Gasteiger partial charge in [-0.1, -0.05) is 6.92 Å². The molecule has 0 aromatic carbocycles. The van der Waals surface area contributed by atoms with E-state index in [1.165, 1.54) is 0 Å². The quantitative estimate of drug-likeness (QED) is 0.627. The van der Waals surface area contributed by atoms with Crippen molar-refractivity contribution in [2.45, 2.75) is 52.1 Å².